The largest absolute Gasteiger partial charge is 0.388 e. The van der Waals surface area contributed by atoms with Crippen LogP contribution in [0, 0.1) is 6.92 Å². The molecule has 30 heavy (non-hydrogen) atoms. The number of nitrogens with zero attached hydrogens (tertiary/aromatic N) is 2. The first kappa shape index (κ1) is 19.5. The normalized spacial score (nSPS) is 11.0. The Kier molecular flexibility index (Phi) is 5.16. The maximum Gasteiger partial charge on any atom is 0.336 e. The van der Waals surface area contributed by atoms with E-state index in [1.54, 1.807) is 59.2 Å². The third-order valence-corrected chi connectivity index (χ3v) is 5.07. The summed E-state index contributed by atoms with van der Waals surface area (Å²) < 4.78 is 2.75. The second-order valence-electron chi connectivity index (χ2n) is 7.14. The van der Waals surface area contributed by atoms with Crippen molar-refractivity contribution in [1.29, 1.82) is 0 Å². The molecule has 1 aromatic heterocycles. The average Bonchev–Trinajstić information content (AvgIpc) is 2.77. The highest BCUT2D eigenvalue weighted by molar-refractivity contribution is 5.96. The van der Waals surface area contributed by atoms with Gasteiger partial charge in [0, 0.05) is 5.56 Å². The van der Waals surface area contributed by atoms with Crippen LogP contribution in [0.2, 0.25) is 0 Å². The number of carbonyl (C=O) groups is 1. The number of ketones is 1. The van der Waals surface area contributed by atoms with Crippen LogP contribution in [-0.4, -0.2) is 26.6 Å². The van der Waals surface area contributed by atoms with Crippen molar-refractivity contribution < 1.29 is 9.90 Å². The summed E-state index contributed by atoms with van der Waals surface area (Å²) in [4.78, 5) is 38.1. The van der Waals surface area contributed by atoms with Gasteiger partial charge in [-0.3, -0.25) is 14.2 Å². The van der Waals surface area contributed by atoms with Gasteiger partial charge in [0.2, 0.25) is 0 Å². The Morgan fingerprint density at radius 3 is 2.30 bits per heavy atom. The maximum atomic E-state index is 13.4. The van der Waals surface area contributed by atoms with Crippen LogP contribution in [-0.2, 0) is 6.54 Å². The molecule has 0 aliphatic rings. The number of hydrogen-bond donors (Lipinski definition) is 1. The number of aromatic nitrogens is 2. The molecule has 0 amide bonds. The predicted octanol–water partition coefficient (Wildman–Crippen LogP) is 2.68. The molecule has 0 radical (unpaired) electrons. The highest BCUT2D eigenvalue weighted by Gasteiger charge is 2.15. The lowest BCUT2D eigenvalue weighted by atomic mass is 10.1. The third-order valence-electron chi connectivity index (χ3n) is 5.07. The highest BCUT2D eigenvalue weighted by atomic mass is 16.3. The number of aliphatic hydroxyl groups excluding tert-OH is 1. The van der Waals surface area contributed by atoms with Gasteiger partial charge in [-0.05, 0) is 42.3 Å². The molecule has 3 aromatic carbocycles. The summed E-state index contributed by atoms with van der Waals surface area (Å²) in [6, 6.07) is 21.0. The first-order valence-electron chi connectivity index (χ1n) is 9.54. The van der Waals surface area contributed by atoms with E-state index in [4.69, 9.17) is 5.11 Å². The zero-order valence-corrected chi connectivity index (χ0v) is 16.4. The highest BCUT2D eigenvalue weighted by Crippen LogP contribution is 2.15. The zero-order chi connectivity index (χ0) is 21.3. The van der Waals surface area contributed by atoms with Crippen molar-refractivity contribution in [3.8, 4) is 5.69 Å². The molecular formula is C24H20N2O4. The summed E-state index contributed by atoms with van der Waals surface area (Å²) in [7, 11) is 0. The standard InChI is InChI=1S/C24H20N2O4/c1-16-7-12-20-21(13-16)25(14-17-8-10-18(11-9-17)22(28)15-27)24(30)26(23(20)29)19-5-3-2-4-6-19/h2-13,27H,14-15H2,1H3. The Balaban J connectivity index is 1.92. The second kappa shape index (κ2) is 7.93. The van der Waals surface area contributed by atoms with E-state index in [1.807, 2.05) is 25.1 Å². The number of para-hydroxylation sites is 1. The summed E-state index contributed by atoms with van der Waals surface area (Å²) in [5, 5.41) is 9.47. The van der Waals surface area contributed by atoms with E-state index < -0.39 is 12.3 Å². The van der Waals surface area contributed by atoms with E-state index in [0.29, 0.717) is 22.2 Å². The van der Waals surface area contributed by atoms with Crippen molar-refractivity contribution in [3.63, 3.8) is 0 Å². The maximum absolute atomic E-state index is 13.4. The molecule has 1 heterocycles. The molecule has 6 nitrogen and oxygen atoms in total. The van der Waals surface area contributed by atoms with Gasteiger partial charge < -0.3 is 5.11 Å². The summed E-state index contributed by atoms with van der Waals surface area (Å²) in [5.74, 6) is -0.364. The fourth-order valence-electron chi connectivity index (χ4n) is 3.50. The number of aryl methyl sites for hydroxylation is 1. The fraction of sp³-hybridized carbons (Fsp3) is 0.125. The van der Waals surface area contributed by atoms with E-state index in [2.05, 4.69) is 0 Å². The Morgan fingerprint density at radius 1 is 0.933 bits per heavy atom. The summed E-state index contributed by atoms with van der Waals surface area (Å²) in [6.45, 7) is 1.59. The first-order valence-corrected chi connectivity index (χ1v) is 9.54. The molecule has 0 spiro atoms. The van der Waals surface area contributed by atoms with Gasteiger partial charge in [-0.1, -0.05) is 48.5 Å². The number of Topliss-reactive ketones (excluding diaryl/α,β-unsaturated/α-hetero) is 1. The van der Waals surface area contributed by atoms with Crippen LogP contribution in [0.25, 0.3) is 16.6 Å². The molecule has 0 saturated heterocycles. The molecule has 6 heteroatoms. The molecular weight excluding hydrogens is 380 g/mol. The topological polar surface area (TPSA) is 81.3 Å². The quantitative estimate of drug-likeness (QED) is 0.522. The lowest BCUT2D eigenvalue weighted by molar-refractivity contribution is 0.0903. The van der Waals surface area contributed by atoms with Crippen molar-refractivity contribution in [2.75, 3.05) is 6.61 Å². The SMILES string of the molecule is Cc1ccc2c(=O)n(-c3ccccc3)c(=O)n(Cc3ccc(C(=O)CO)cc3)c2c1. The molecule has 0 aliphatic carbocycles. The lowest BCUT2D eigenvalue weighted by Gasteiger charge is -2.15. The van der Waals surface area contributed by atoms with Gasteiger partial charge >= 0.3 is 5.69 Å². The van der Waals surface area contributed by atoms with Crippen LogP contribution in [0.5, 0.6) is 0 Å². The van der Waals surface area contributed by atoms with Crippen molar-refractivity contribution >= 4 is 16.7 Å². The van der Waals surface area contributed by atoms with Gasteiger partial charge in [0.1, 0.15) is 6.61 Å². The Bertz CT molecular complexity index is 1350. The van der Waals surface area contributed by atoms with Crippen LogP contribution >= 0.6 is 0 Å². The van der Waals surface area contributed by atoms with Crippen LogP contribution < -0.4 is 11.2 Å². The first-order chi connectivity index (χ1) is 14.5. The average molecular weight is 400 g/mol. The molecule has 0 unspecified atom stereocenters. The molecule has 0 bridgehead atoms. The van der Waals surface area contributed by atoms with E-state index in [-0.39, 0.29) is 17.9 Å². The molecule has 150 valence electrons. The Morgan fingerprint density at radius 2 is 1.63 bits per heavy atom. The number of hydrogen-bond acceptors (Lipinski definition) is 4. The van der Waals surface area contributed by atoms with E-state index in [1.165, 1.54) is 4.57 Å². The van der Waals surface area contributed by atoms with Crippen molar-refractivity contribution in [2.45, 2.75) is 13.5 Å². The van der Waals surface area contributed by atoms with Crippen LogP contribution in [0.3, 0.4) is 0 Å². The lowest BCUT2D eigenvalue weighted by Crippen LogP contribution is -2.39. The molecule has 1 N–H and O–H groups in total. The number of fused-ring (bicyclic) bond motifs is 1. The van der Waals surface area contributed by atoms with Gasteiger partial charge in [-0.25, -0.2) is 9.36 Å². The van der Waals surface area contributed by atoms with Crippen molar-refractivity contribution in [1.82, 2.24) is 9.13 Å². The number of rotatable bonds is 5. The fourth-order valence-corrected chi connectivity index (χ4v) is 3.50. The third kappa shape index (κ3) is 3.49. The summed E-state index contributed by atoms with van der Waals surface area (Å²) in [6.07, 6.45) is 0. The summed E-state index contributed by atoms with van der Waals surface area (Å²) in [5.41, 5.74) is 2.43. The zero-order valence-electron chi connectivity index (χ0n) is 16.4. The van der Waals surface area contributed by atoms with Crippen LogP contribution in [0.4, 0.5) is 0 Å². The van der Waals surface area contributed by atoms with Crippen LogP contribution in [0.15, 0.2) is 82.4 Å². The van der Waals surface area contributed by atoms with Crippen molar-refractivity contribution in [2.24, 2.45) is 0 Å². The minimum absolute atomic E-state index is 0.236. The van der Waals surface area contributed by atoms with Crippen LogP contribution in [0.1, 0.15) is 21.5 Å². The minimum atomic E-state index is -0.551. The molecule has 0 atom stereocenters. The summed E-state index contributed by atoms with van der Waals surface area (Å²) >= 11 is 0. The molecule has 4 rings (SSSR count). The van der Waals surface area contributed by atoms with Gasteiger partial charge in [0.25, 0.3) is 5.56 Å². The van der Waals surface area contributed by atoms with E-state index >= 15 is 0 Å². The monoisotopic (exact) mass is 400 g/mol. The Hall–Kier alpha value is -3.77. The van der Waals surface area contributed by atoms with Gasteiger partial charge in [-0.2, -0.15) is 0 Å². The van der Waals surface area contributed by atoms with Gasteiger partial charge in [-0.15, -0.1) is 0 Å². The van der Waals surface area contributed by atoms with Gasteiger partial charge in [0.15, 0.2) is 5.78 Å². The minimum Gasteiger partial charge on any atom is -0.388 e. The second-order valence-corrected chi connectivity index (χ2v) is 7.14. The van der Waals surface area contributed by atoms with Gasteiger partial charge in [0.05, 0.1) is 23.1 Å². The molecule has 0 saturated carbocycles. The Labute approximate surface area is 172 Å². The van der Waals surface area contributed by atoms with E-state index in [0.717, 1.165) is 11.1 Å². The molecule has 0 fully saturated rings. The number of benzene rings is 3. The predicted molar refractivity (Wildman–Crippen MR) is 116 cm³/mol. The molecule has 0 aliphatic heterocycles. The number of aliphatic hydroxyl groups is 1. The smallest absolute Gasteiger partial charge is 0.336 e. The van der Waals surface area contributed by atoms with E-state index in [9.17, 15) is 14.4 Å². The van der Waals surface area contributed by atoms with Crippen molar-refractivity contribution in [3.05, 3.63) is 110 Å². The number of carbonyl (C=O) groups excluding carboxylic acids is 1. The molecule has 4 aromatic rings.